The lowest BCUT2D eigenvalue weighted by Crippen LogP contribution is -2.37. The SMILES string of the molecule is C[C@@H](CN)NC(=O)c1ccc(-n2cncn2)c([N+](=O)[O-])c1. The summed E-state index contributed by atoms with van der Waals surface area (Å²) in [7, 11) is 0. The molecule has 1 aromatic heterocycles. The number of carbonyl (C=O) groups excluding carboxylic acids is 1. The van der Waals surface area contributed by atoms with Crippen LogP contribution in [0.1, 0.15) is 17.3 Å². The van der Waals surface area contributed by atoms with Gasteiger partial charge in [0.15, 0.2) is 0 Å². The molecule has 2 aromatic rings. The molecule has 0 radical (unpaired) electrons. The number of hydrogen-bond donors (Lipinski definition) is 2. The number of aromatic nitrogens is 3. The molecule has 1 heterocycles. The number of nitro benzene ring substituents is 1. The highest BCUT2D eigenvalue weighted by Crippen LogP contribution is 2.23. The molecular weight excluding hydrogens is 276 g/mol. The van der Waals surface area contributed by atoms with E-state index in [4.69, 9.17) is 5.73 Å². The maximum Gasteiger partial charge on any atom is 0.295 e. The van der Waals surface area contributed by atoms with Crippen molar-refractivity contribution < 1.29 is 9.72 Å². The van der Waals surface area contributed by atoms with E-state index in [1.165, 1.54) is 35.5 Å². The third-order valence-corrected chi connectivity index (χ3v) is 2.83. The van der Waals surface area contributed by atoms with Crippen LogP contribution in [0.2, 0.25) is 0 Å². The number of nitrogens with two attached hydrogens (primary N) is 1. The van der Waals surface area contributed by atoms with Crippen molar-refractivity contribution in [3.05, 3.63) is 46.5 Å². The molecule has 1 atom stereocenters. The summed E-state index contributed by atoms with van der Waals surface area (Å²) in [6.45, 7) is 2.03. The Balaban J connectivity index is 2.37. The zero-order chi connectivity index (χ0) is 15.4. The van der Waals surface area contributed by atoms with Crippen molar-refractivity contribution in [3.8, 4) is 5.69 Å². The van der Waals surface area contributed by atoms with Crippen LogP contribution in [0.25, 0.3) is 5.69 Å². The van der Waals surface area contributed by atoms with Gasteiger partial charge in [-0.1, -0.05) is 0 Å². The van der Waals surface area contributed by atoms with E-state index in [0.717, 1.165) is 0 Å². The summed E-state index contributed by atoms with van der Waals surface area (Å²) in [6, 6.07) is 3.93. The zero-order valence-electron chi connectivity index (χ0n) is 11.3. The van der Waals surface area contributed by atoms with Crippen LogP contribution in [0.4, 0.5) is 5.69 Å². The molecular formula is C12H14N6O3. The van der Waals surface area contributed by atoms with Gasteiger partial charge in [0.1, 0.15) is 18.3 Å². The number of amides is 1. The third kappa shape index (κ3) is 3.20. The Morgan fingerprint density at radius 1 is 1.57 bits per heavy atom. The molecule has 0 aliphatic carbocycles. The standard InChI is InChI=1S/C12H14N6O3/c1-8(5-13)16-12(19)9-2-3-10(11(4-9)18(20)21)17-7-14-6-15-17/h2-4,6-8H,5,13H2,1H3,(H,16,19)/t8-/m0/s1. The average Bonchev–Trinajstić information content (AvgIpc) is 3.00. The minimum atomic E-state index is -0.569. The molecule has 0 saturated heterocycles. The second kappa shape index (κ2) is 6.09. The predicted molar refractivity (Wildman–Crippen MR) is 74.0 cm³/mol. The third-order valence-electron chi connectivity index (χ3n) is 2.83. The highest BCUT2D eigenvalue weighted by molar-refractivity contribution is 5.95. The Bertz CT molecular complexity index is 655. The summed E-state index contributed by atoms with van der Waals surface area (Å²) in [5.74, 6) is -0.416. The lowest BCUT2D eigenvalue weighted by atomic mass is 10.1. The Labute approximate surface area is 119 Å². The molecule has 0 bridgehead atoms. The van der Waals surface area contributed by atoms with Crippen molar-refractivity contribution in [1.82, 2.24) is 20.1 Å². The quantitative estimate of drug-likeness (QED) is 0.600. The molecule has 1 amide bonds. The summed E-state index contributed by atoms with van der Waals surface area (Å²) in [4.78, 5) is 26.3. The molecule has 0 unspecified atom stereocenters. The van der Waals surface area contributed by atoms with E-state index in [0.29, 0.717) is 0 Å². The summed E-state index contributed by atoms with van der Waals surface area (Å²) in [5.41, 5.74) is 5.62. The van der Waals surface area contributed by atoms with Gasteiger partial charge in [0.2, 0.25) is 0 Å². The van der Waals surface area contributed by atoms with E-state index >= 15 is 0 Å². The number of carbonyl (C=O) groups is 1. The smallest absolute Gasteiger partial charge is 0.295 e. The molecule has 110 valence electrons. The van der Waals surface area contributed by atoms with Crippen molar-refractivity contribution in [2.75, 3.05) is 6.54 Å². The highest BCUT2D eigenvalue weighted by atomic mass is 16.6. The van der Waals surface area contributed by atoms with Gasteiger partial charge in [-0.05, 0) is 19.1 Å². The van der Waals surface area contributed by atoms with Gasteiger partial charge in [-0.25, -0.2) is 9.67 Å². The number of benzene rings is 1. The normalized spacial score (nSPS) is 11.9. The number of nitro groups is 1. The van der Waals surface area contributed by atoms with Gasteiger partial charge < -0.3 is 11.1 Å². The molecule has 0 aliphatic heterocycles. The molecule has 0 aliphatic rings. The largest absolute Gasteiger partial charge is 0.348 e. The van der Waals surface area contributed by atoms with Crippen LogP contribution in [-0.4, -0.2) is 38.2 Å². The van der Waals surface area contributed by atoms with E-state index in [-0.39, 0.29) is 29.5 Å². The highest BCUT2D eigenvalue weighted by Gasteiger charge is 2.19. The van der Waals surface area contributed by atoms with Crippen molar-refractivity contribution in [2.24, 2.45) is 5.73 Å². The Morgan fingerprint density at radius 2 is 2.33 bits per heavy atom. The Morgan fingerprint density at radius 3 is 2.90 bits per heavy atom. The van der Waals surface area contributed by atoms with Crippen molar-refractivity contribution in [3.63, 3.8) is 0 Å². The lowest BCUT2D eigenvalue weighted by Gasteiger charge is -2.11. The number of hydrogen-bond acceptors (Lipinski definition) is 6. The van der Waals surface area contributed by atoms with Crippen molar-refractivity contribution in [1.29, 1.82) is 0 Å². The number of nitrogens with zero attached hydrogens (tertiary/aromatic N) is 4. The molecule has 0 spiro atoms. The summed E-state index contributed by atoms with van der Waals surface area (Å²) >= 11 is 0. The fourth-order valence-electron chi connectivity index (χ4n) is 1.70. The second-order valence-electron chi connectivity index (χ2n) is 4.41. The van der Waals surface area contributed by atoms with Crippen LogP contribution in [-0.2, 0) is 0 Å². The topological polar surface area (TPSA) is 129 Å². The Kier molecular flexibility index (Phi) is 4.24. The molecule has 9 nitrogen and oxygen atoms in total. The zero-order valence-corrected chi connectivity index (χ0v) is 11.3. The minimum Gasteiger partial charge on any atom is -0.348 e. The van der Waals surface area contributed by atoms with Crippen LogP contribution >= 0.6 is 0 Å². The van der Waals surface area contributed by atoms with Crippen molar-refractivity contribution >= 4 is 11.6 Å². The molecule has 21 heavy (non-hydrogen) atoms. The first-order valence-electron chi connectivity index (χ1n) is 6.17. The number of rotatable bonds is 5. The van der Waals surface area contributed by atoms with E-state index < -0.39 is 10.8 Å². The fraction of sp³-hybridized carbons (Fsp3) is 0.250. The van der Waals surface area contributed by atoms with E-state index in [1.54, 1.807) is 6.92 Å². The molecule has 1 aromatic carbocycles. The van der Waals surface area contributed by atoms with Gasteiger partial charge in [-0.3, -0.25) is 14.9 Å². The summed E-state index contributed by atoms with van der Waals surface area (Å²) in [5, 5.41) is 17.7. The molecule has 3 N–H and O–H groups in total. The van der Waals surface area contributed by atoms with Crippen LogP contribution in [0.3, 0.4) is 0 Å². The summed E-state index contributed by atoms with van der Waals surface area (Å²) in [6.07, 6.45) is 2.62. The first-order chi connectivity index (χ1) is 10.0. The first-order valence-corrected chi connectivity index (χ1v) is 6.17. The maximum atomic E-state index is 12.0. The molecule has 9 heteroatoms. The van der Waals surface area contributed by atoms with Crippen LogP contribution in [0.5, 0.6) is 0 Å². The Hall–Kier alpha value is -2.81. The molecule has 0 saturated carbocycles. The van der Waals surface area contributed by atoms with Crippen LogP contribution in [0.15, 0.2) is 30.9 Å². The van der Waals surface area contributed by atoms with E-state index in [9.17, 15) is 14.9 Å². The van der Waals surface area contributed by atoms with Gasteiger partial charge in [-0.2, -0.15) is 5.10 Å². The summed E-state index contributed by atoms with van der Waals surface area (Å²) < 4.78 is 1.27. The van der Waals surface area contributed by atoms with Crippen LogP contribution in [0, 0.1) is 10.1 Å². The van der Waals surface area contributed by atoms with Gasteiger partial charge in [0.05, 0.1) is 4.92 Å². The van der Waals surface area contributed by atoms with Crippen molar-refractivity contribution in [2.45, 2.75) is 13.0 Å². The average molecular weight is 290 g/mol. The molecule has 0 fully saturated rings. The lowest BCUT2D eigenvalue weighted by molar-refractivity contribution is -0.384. The minimum absolute atomic E-state index is 0.186. The van der Waals surface area contributed by atoms with E-state index in [1.807, 2.05) is 0 Å². The fourth-order valence-corrected chi connectivity index (χ4v) is 1.70. The van der Waals surface area contributed by atoms with Gasteiger partial charge in [0.25, 0.3) is 11.6 Å². The first kappa shape index (κ1) is 14.6. The van der Waals surface area contributed by atoms with Gasteiger partial charge in [0, 0.05) is 24.2 Å². The predicted octanol–water partition coefficient (Wildman–Crippen LogP) is 0.252. The molecule has 2 rings (SSSR count). The van der Waals surface area contributed by atoms with Crippen LogP contribution < -0.4 is 11.1 Å². The monoisotopic (exact) mass is 290 g/mol. The van der Waals surface area contributed by atoms with Gasteiger partial charge in [-0.15, -0.1) is 0 Å². The van der Waals surface area contributed by atoms with E-state index in [2.05, 4.69) is 15.4 Å². The van der Waals surface area contributed by atoms with Gasteiger partial charge >= 0.3 is 0 Å². The number of nitrogens with one attached hydrogen (secondary N) is 1. The maximum absolute atomic E-state index is 12.0. The second-order valence-corrected chi connectivity index (χ2v) is 4.41.